The van der Waals surface area contributed by atoms with Crippen LogP contribution in [0, 0.1) is 20.8 Å². The van der Waals surface area contributed by atoms with Crippen molar-refractivity contribution in [2.45, 2.75) is 27.3 Å². The highest BCUT2D eigenvalue weighted by Gasteiger charge is 2.12. The van der Waals surface area contributed by atoms with E-state index in [2.05, 4.69) is 15.4 Å². The number of rotatable bonds is 4. The Hall–Kier alpha value is -1.88. The number of pyridine rings is 1. The van der Waals surface area contributed by atoms with Crippen LogP contribution >= 0.6 is 0 Å². The number of hydrogen-bond acceptors (Lipinski definition) is 4. The number of nitrogens with one attached hydrogen (secondary N) is 1. The molecule has 5 nitrogen and oxygen atoms in total. The van der Waals surface area contributed by atoms with E-state index in [-0.39, 0.29) is 0 Å². The summed E-state index contributed by atoms with van der Waals surface area (Å²) in [5.41, 5.74) is 3.97. The van der Waals surface area contributed by atoms with E-state index >= 15 is 0 Å². The van der Waals surface area contributed by atoms with Gasteiger partial charge in [-0.1, -0.05) is 0 Å². The monoisotopic (exact) mass is 260 g/mol. The van der Waals surface area contributed by atoms with Crippen molar-refractivity contribution in [3.63, 3.8) is 0 Å². The van der Waals surface area contributed by atoms with Crippen LogP contribution in [0.1, 0.15) is 22.6 Å². The Morgan fingerprint density at radius 2 is 2.00 bits per heavy atom. The third-order valence-electron chi connectivity index (χ3n) is 3.02. The van der Waals surface area contributed by atoms with Gasteiger partial charge >= 0.3 is 0 Å². The van der Waals surface area contributed by atoms with Crippen LogP contribution in [0.2, 0.25) is 0 Å². The first kappa shape index (κ1) is 13.5. The van der Waals surface area contributed by atoms with Crippen LogP contribution in [-0.2, 0) is 13.6 Å². The van der Waals surface area contributed by atoms with Crippen molar-refractivity contribution in [2.24, 2.45) is 7.05 Å². The molecule has 1 N–H and O–H groups in total. The summed E-state index contributed by atoms with van der Waals surface area (Å²) in [7, 11) is 3.83. The van der Waals surface area contributed by atoms with Gasteiger partial charge in [0.2, 0.25) is 5.88 Å². The van der Waals surface area contributed by atoms with E-state index in [1.807, 2.05) is 51.7 Å². The van der Waals surface area contributed by atoms with Gasteiger partial charge in [0.05, 0.1) is 5.69 Å². The van der Waals surface area contributed by atoms with Gasteiger partial charge in [-0.3, -0.25) is 4.68 Å². The average molecular weight is 260 g/mol. The molecule has 0 amide bonds. The Morgan fingerprint density at radius 3 is 2.58 bits per heavy atom. The Balaban J connectivity index is 2.32. The minimum absolute atomic E-state index is 0.615. The summed E-state index contributed by atoms with van der Waals surface area (Å²) >= 11 is 0. The second kappa shape index (κ2) is 5.40. The summed E-state index contributed by atoms with van der Waals surface area (Å²) in [4.78, 5) is 4.42. The maximum atomic E-state index is 5.91. The molecule has 0 unspecified atom stereocenters. The van der Waals surface area contributed by atoms with Crippen LogP contribution in [0.15, 0.2) is 12.1 Å². The SMILES string of the molecule is CNCc1cc(C)nc(Oc2c(C)nn(C)c2C)c1. The molecule has 0 aliphatic carbocycles. The molecule has 2 rings (SSSR count). The summed E-state index contributed by atoms with van der Waals surface area (Å²) < 4.78 is 7.72. The third kappa shape index (κ3) is 2.93. The van der Waals surface area contributed by atoms with Crippen molar-refractivity contribution in [2.75, 3.05) is 7.05 Å². The lowest BCUT2D eigenvalue weighted by Gasteiger charge is -2.08. The van der Waals surface area contributed by atoms with Crippen molar-refractivity contribution in [3.8, 4) is 11.6 Å². The van der Waals surface area contributed by atoms with E-state index in [1.165, 1.54) is 0 Å². The van der Waals surface area contributed by atoms with Gasteiger partial charge in [0.25, 0.3) is 0 Å². The Bertz CT molecular complexity index is 589. The van der Waals surface area contributed by atoms with Gasteiger partial charge in [-0.15, -0.1) is 0 Å². The molecule has 102 valence electrons. The highest BCUT2D eigenvalue weighted by molar-refractivity contribution is 5.36. The summed E-state index contributed by atoms with van der Waals surface area (Å²) in [6, 6.07) is 4.00. The van der Waals surface area contributed by atoms with Gasteiger partial charge in [-0.2, -0.15) is 5.10 Å². The van der Waals surface area contributed by atoms with Gasteiger partial charge in [-0.05, 0) is 39.4 Å². The van der Waals surface area contributed by atoms with Crippen molar-refractivity contribution in [1.82, 2.24) is 20.1 Å². The largest absolute Gasteiger partial charge is 0.435 e. The van der Waals surface area contributed by atoms with E-state index in [4.69, 9.17) is 4.74 Å². The predicted molar refractivity (Wildman–Crippen MR) is 74.5 cm³/mol. The second-order valence-corrected chi connectivity index (χ2v) is 4.71. The topological polar surface area (TPSA) is 52.0 Å². The van der Waals surface area contributed by atoms with Gasteiger partial charge in [0.1, 0.15) is 5.69 Å². The van der Waals surface area contributed by atoms with E-state index in [0.717, 1.165) is 34.9 Å². The first-order valence-electron chi connectivity index (χ1n) is 6.31. The van der Waals surface area contributed by atoms with Crippen molar-refractivity contribution in [1.29, 1.82) is 0 Å². The minimum atomic E-state index is 0.615. The van der Waals surface area contributed by atoms with Crippen LogP contribution in [0.4, 0.5) is 0 Å². The van der Waals surface area contributed by atoms with Gasteiger partial charge in [0.15, 0.2) is 5.75 Å². The Labute approximate surface area is 113 Å². The fourth-order valence-electron chi connectivity index (χ4n) is 2.07. The molecule has 2 aromatic rings. The number of aromatic nitrogens is 3. The quantitative estimate of drug-likeness (QED) is 0.916. The lowest BCUT2D eigenvalue weighted by molar-refractivity contribution is 0.453. The van der Waals surface area contributed by atoms with Crippen LogP contribution in [0.25, 0.3) is 0 Å². The molecule has 0 aliphatic rings. The van der Waals surface area contributed by atoms with Crippen LogP contribution in [0.5, 0.6) is 11.6 Å². The lowest BCUT2D eigenvalue weighted by atomic mass is 10.2. The fourth-order valence-corrected chi connectivity index (χ4v) is 2.07. The van der Waals surface area contributed by atoms with Crippen LogP contribution < -0.4 is 10.1 Å². The maximum Gasteiger partial charge on any atom is 0.219 e. The molecule has 0 aliphatic heterocycles. The molecular formula is C14H20N4O. The Morgan fingerprint density at radius 1 is 1.26 bits per heavy atom. The molecule has 2 heterocycles. The summed E-state index contributed by atoms with van der Waals surface area (Å²) in [6.45, 7) is 6.69. The number of hydrogen-bond donors (Lipinski definition) is 1. The van der Waals surface area contributed by atoms with Crippen molar-refractivity contribution in [3.05, 3.63) is 34.8 Å². The summed E-state index contributed by atoms with van der Waals surface area (Å²) in [6.07, 6.45) is 0. The lowest BCUT2D eigenvalue weighted by Crippen LogP contribution is -2.06. The van der Waals surface area contributed by atoms with Crippen LogP contribution in [-0.4, -0.2) is 21.8 Å². The number of aryl methyl sites for hydroxylation is 3. The van der Waals surface area contributed by atoms with E-state index < -0.39 is 0 Å². The second-order valence-electron chi connectivity index (χ2n) is 4.71. The fraction of sp³-hybridized carbons (Fsp3) is 0.429. The standard InChI is InChI=1S/C14H20N4O/c1-9-6-12(8-15-4)7-13(16-9)19-14-10(2)17-18(5)11(14)3/h6-7,15H,8H2,1-5H3. The summed E-state index contributed by atoms with van der Waals surface area (Å²) in [5, 5.41) is 7.47. The molecule has 0 radical (unpaired) electrons. The zero-order chi connectivity index (χ0) is 14.0. The number of nitrogens with zero attached hydrogens (tertiary/aromatic N) is 3. The molecule has 0 fully saturated rings. The van der Waals surface area contributed by atoms with E-state index in [0.29, 0.717) is 5.88 Å². The minimum Gasteiger partial charge on any atom is -0.435 e. The molecule has 0 aromatic carbocycles. The first-order chi connectivity index (χ1) is 9.01. The van der Waals surface area contributed by atoms with E-state index in [1.54, 1.807) is 0 Å². The first-order valence-corrected chi connectivity index (χ1v) is 6.31. The van der Waals surface area contributed by atoms with Crippen molar-refractivity contribution < 1.29 is 4.74 Å². The smallest absolute Gasteiger partial charge is 0.219 e. The highest BCUT2D eigenvalue weighted by atomic mass is 16.5. The zero-order valence-corrected chi connectivity index (χ0v) is 12.1. The molecular weight excluding hydrogens is 240 g/mol. The van der Waals surface area contributed by atoms with Crippen molar-refractivity contribution >= 4 is 0 Å². The molecule has 0 spiro atoms. The molecule has 0 atom stereocenters. The van der Waals surface area contributed by atoms with Crippen LogP contribution in [0.3, 0.4) is 0 Å². The Kier molecular flexibility index (Phi) is 3.85. The third-order valence-corrected chi connectivity index (χ3v) is 3.02. The molecule has 0 saturated carbocycles. The molecule has 5 heteroatoms. The van der Waals surface area contributed by atoms with Gasteiger partial charge in [-0.25, -0.2) is 4.98 Å². The van der Waals surface area contributed by atoms with Gasteiger partial charge in [0, 0.05) is 25.4 Å². The zero-order valence-electron chi connectivity index (χ0n) is 12.1. The molecule has 0 bridgehead atoms. The molecule has 0 saturated heterocycles. The average Bonchev–Trinajstić information content (AvgIpc) is 2.56. The normalized spacial score (nSPS) is 10.8. The van der Waals surface area contributed by atoms with E-state index in [9.17, 15) is 0 Å². The predicted octanol–water partition coefficient (Wildman–Crippen LogP) is 2.25. The molecule has 19 heavy (non-hydrogen) atoms. The maximum absolute atomic E-state index is 5.91. The van der Waals surface area contributed by atoms with Gasteiger partial charge < -0.3 is 10.1 Å². The molecule has 2 aromatic heterocycles. The summed E-state index contributed by atoms with van der Waals surface area (Å²) in [5.74, 6) is 1.40. The highest BCUT2D eigenvalue weighted by Crippen LogP contribution is 2.27. The number of ether oxygens (including phenoxy) is 1.